The topological polar surface area (TPSA) is 65.7 Å². The maximum atomic E-state index is 11.2. The highest BCUT2D eigenvalue weighted by Crippen LogP contribution is 2.36. The van der Waals surface area contributed by atoms with E-state index in [1.165, 1.54) is 11.3 Å². The summed E-state index contributed by atoms with van der Waals surface area (Å²) >= 11 is 7.31. The number of aromatic amines is 2. The Morgan fingerprint density at radius 3 is 2.40 bits per heavy atom. The van der Waals surface area contributed by atoms with Crippen LogP contribution in [0, 0.1) is 0 Å². The summed E-state index contributed by atoms with van der Waals surface area (Å²) in [5, 5.41) is 0. The van der Waals surface area contributed by atoms with Crippen LogP contribution < -0.4 is 11.1 Å². The fraction of sp³-hybridized carbons (Fsp3) is 0.333. The molecule has 15 heavy (non-hydrogen) atoms. The van der Waals surface area contributed by atoms with Crippen LogP contribution in [0.5, 0.6) is 0 Å². The molecular weight excluding hydrogens is 236 g/mol. The van der Waals surface area contributed by atoms with E-state index in [1.807, 2.05) is 13.8 Å². The maximum Gasteiger partial charge on any atom is 0.314 e. The molecule has 2 aromatic rings. The molecule has 0 radical (unpaired) electrons. The molecule has 80 valence electrons. The zero-order valence-electron chi connectivity index (χ0n) is 8.18. The van der Waals surface area contributed by atoms with E-state index in [2.05, 4.69) is 9.97 Å². The molecular formula is C9H9ClN2O2S. The predicted molar refractivity (Wildman–Crippen MR) is 62.2 cm³/mol. The van der Waals surface area contributed by atoms with Crippen molar-refractivity contribution in [3.05, 3.63) is 30.6 Å². The second-order valence-corrected chi connectivity index (χ2v) is 5.18. The summed E-state index contributed by atoms with van der Waals surface area (Å²) in [6, 6.07) is 0. The molecule has 0 fully saturated rings. The van der Waals surface area contributed by atoms with Crippen LogP contribution in [0.4, 0.5) is 0 Å². The van der Waals surface area contributed by atoms with Crippen molar-refractivity contribution in [3.63, 3.8) is 0 Å². The van der Waals surface area contributed by atoms with Gasteiger partial charge in [-0.1, -0.05) is 25.4 Å². The number of thiophene rings is 1. The maximum absolute atomic E-state index is 11.2. The normalized spacial score (nSPS) is 11.5. The molecule has 2 heterocycles. The number of H-pyrrole nitrogens is 2. The monoisotopic (exact) mass is 244 g/mol. The predicted octanol–water partition coefficient (Wildman–Crippen LogP) is 2.05. The molecule has 4 nitrogen and oxygen atoms in total. The molecule has 0 spiro atoms. The van der Waals surface area contributed by atoms with Crippen molar-refractivity contribution in [2.24, 2.45) is 0 Å². The van der Waals surface area contributed by atoms with Gasteiger partial charge in [0.2, 0.25) is 0 Å². The number of fused-ring (bicyclic) bond motifs is 1. The van der Waals surface area contributed by atoms with Gasteiger partial charge in [0.05, 0.1) is 5.52 Å². The van der Waals surface area contributed by atoms with Gasteiger partial charge in [-0.05, 0) is 5.92 Å². The Kier molecular flexibility index (Phi) is 2.44. The van der Waals surface area contributed by atoms with Crippen molar-refractivity contribution >= 4 is 33.3 Å². The minimum atomic E-state index is -0.643. The molecule has 0 amide bonds. The number of hydrogen-bond donors (Lipinski definition) is 2. The lowest BCUT2D eigenvalue weighted by atomic mass is 10.1. The van der Waals surface area contributed by atoms with Crippen molar-refractivity contribution in [1.82, 2.24) is 9.97 Å². The van der Waals surface area contributed by atoms with Crippen LogP contribution in [-0.4, -0.2) is 9.97 Å². The smallest absolute Gasteiger partial charge is 0.314 e. The van der Waals surface area contributed by atoms with Crippen molar-refractivity contribution < 1.29 is 0 Å². The van der Waals surface area contributed by atoms with Gasteiger partial charge in [-0.3, -0.25) is 9.59 Å². The Balaban J connectivity index is 2.94. The third-order valence-corrected chi connectivity index (χ3v) is 3.49. The van der Waals surface area contributed by atoms with Crippen molar-refractivity contribution in [2.45, 2.75) is 19.8 Å². The SMILES string of the molecule is CC(C)c1c(Cl)sc2[nH]c(=O)c(=O)[nH]c12. The molecule has 0 atom stereocenters. The summed E-state index contributed by atoms with van der Waals surface area (Å²) in [6.45, 7) is 3.97. The molecule has 2 N–H and O–H groups in total. The van der Waals surface area contributed by atoms with Crippen LogP contribution in [0.2, 0.25) is 4.34 Å². The molecule has 2 rings (SSSR count). The zero-order valence-corrected chi connectivity index (χ0v) is 9.75. The molecule has 0 aliphatic rings. The van der Waals surface area contributed by atoms with E-state index in [-0.39, 0.29) is 5.92 Å². The molecule has 0 unspecified atom stereocenters. The Morgan fingerprint density at radius 1 is 1.20 bits per heavy atom. The van der Waals surface area contributed by atoms with Gasteiger partial charge in [0.15, 0.2) is 0 Å². The third-order valence-electron chi connectivity index (χ3n) is 2.15. The highest BCUT2D eigenvalue weighted by Gasteiger charge is 2.15. The summed E-state index contributed by atoms with van der Waals surface area (Å²) in [5.41, 5.74) is 0.240. The van der Waals surface area contributed by atoms with Gasteiger partial charge in [-0.15, -0.1) is 11.3 Å². The number of aromatic nitrogens is 2. The van der Waals surface area contributed by atoms with Crippen molar-refractivity contribution in [1.29, 1.82) is 0 Å². The molecule has 0 aliphatic carbocycles. The third kappa shape index (κ3) is 1.61. The molecule has 2 aromatic heterocycles. The van der Waals surface area contributed by atoms with Crippen LogP contribution >= 0.6 is 22.9 Å². The Labute approximate surface area is 93.9 Å². The van der Waals surface area contributed by atoms with E-state index in [0.29, 0.717) is 14.7 Å². The second-order valence-electron chi connectivity index (χ2n) is 3.56. The van der Waals surface area contributed by atoms with Gasteiger partial charge in [0, 0.05) is 5.56 Å². The number of rotatable bonds is 1. The van der Waals surface area contributed by atoms with E-state index in [4.69, 9.17) is 11.6 Å². The zero-order chi connectivity index (χ0) is 11.2. The van der Waals surface area contributed by atoms with Gasteiger partial charge in [-0.25, -0.2) is 0 Å². The molecule has 0 saturated carbocycles. The number of nitrogens with one attached hydrogen (secondary N) is 2. The van der Waals surface area contributed by atoms with E-state index < -0.39 is 11.1 Å². The fourth-order valence-corrected chi connectivity index (χ4v) is 3.05. The van der Waals surface area contributed by atoms with Gasteiger partial charge >= 0.3 is 11.1 Å². The molecule has 6 heteroatoms. The first kappa shape index (κ1) is 10.4. The first-order chi connectivity index (χ1) is 7.00. The van der Waals surface area contributed by atoms with Crippen molar-refractivity contribution in [3.8, 4) is 0 Å². The van der Waals surface area contributed by atoms with E-state index >= 15 is 0 Å². The van der Waals surface area contributed by atoms with E-state index in [0.717, 1.165) is 5.56 Å². The van der Waals surface area contributed by atoms with Crippen LogP contribution in [0.3, 0.4) is 0 Å². The molecule has 0 aliphatic heterocycles. The lowest BCUT2D eigenvalue weighted by Gasteiger charge is -2.02. The Morgan fingerprint density at radius 2 is 1.80 bits per heavy atom. The minimum absolute atomic E-state index is 0.202. The van der Waals surface area contributed by atoms with E-state index in [9.17, 15) is 9.59 Å². The largest absolute Gasteiger partial charge is 0.315 e. The fourth-order valence-electron chi connectivity index (χ4n) is 1.47. The van der Waals surface area contributed by atoms with Gasteiger partial charge < -0.3 is 9.97 Å². The standard InChI is InChI=1S/C9H9ClN2O2S/c1-3(2)4-5-9(15-6(4)10)12-8(14)7(13)11-5/h3H,1-2H3,(H,11,13)(H,12,14). The average Bonchev–Trinajstić information content (AvgIpc) is 2.41. The van der Waals surface area contributed by atoms with Crippen LogP contribution in [0.25, 0.3) is 10.3 Å². The summed E-state index contributed by atoms with van der Waals surface area (Å²) in [7, 11) is 0. The molecule has 0 saturated heterocycles. The van der Waals surface area contributed by atoms with Crippen LogP contribution in [0.15, 0.2) is 9.59 Å². The number of halogens is 1. The molecule has 0 aromatic carbocycles. The lowest BCUT2D eigenvalue weighted by Crippen LogP contribution is -2.28. The minimum Gasteiger partial charge on any atom is -0.315 e. The Bertz CT molecular complexity index is 623. The molecule has 0 bridgehead atoms. The van der Waals surface area contributed by atoms with Gasteiger partial charge in [0.25, 0.3) is 0 Å². The first-order valence-corrected chi connectivity index (χ1v) is 5.64. The highest BCUT2D eigenvalue weighted by molar-refractivity contribution is 7.22. The first-order valence-electron chi connectivity index (χ1n) is 4.45. The second kappa shape index (κ2) is 3.50. The van der Waals surface area contributed by atoms with E-state index in [1.54, 1.807) is 0 Å². The van der Waals surface area contributed by atoms with Gasteiger partial charge in [0.1, 0.15) is 9.17 Å². The summed E-state index contributed by atoms with van der Waals surface area (Å²) in [5.74, 6) is 0.202. The summed E-state index contributed by atoms with van der Waals surface area (Å²) in [6.07, 6.45) is 0. The quantitative estimate of drug-likeness (QED) is 0.754. The van der Waals surface area contributed by atoms with Crippen molar-refractivity contribution in [2.75, 3.05) is 0 Å². The lowest BCUT2D eigenvalue weighted by molar-refractivity contribution is 0.875. The summed E-state index contributed by atoms with van der Waals surface area (Å²) < 4.78 is 0.609. The van der Waals surface area contributed by atoms with Gasteiger partial charge in [-0.2, -0.15) is 0 Å². The Hall–Kier alpha value is -1.07. The van der Waals surface area contributed by atoms with Crippen LogP contribution in [0.1, 0.15) is 25.3 Å². The summed E-state index contributed by atoms with van der Waals surface area (Å²) in [4.78, 5) is 28.0. The average molecular weight is 245 g/mol. The number of hydrogen-bond acceptors (Lipinski definition) is 3. The highest BCUT2D eigenvalue weighted by atomic mass is 35.5. The van der Waals surface area contributed by atoms with Crippen LogP contribution in [-0.2, 0) is 0 Å².